The fourth-order valence-electron chi connectivity index (χ4n) is 3.98. The number of hydrogen-bond donors (Lipinski definition) is 0. The molecule has 0 radical (unpaired) electrons. The molecule has 38 heavy (non-hydrogen) atoms. The fourth-order valence-corrected chi connectivity index (χ4v) is 5.19. The van der Waals surface area contributed by atoms with E-state index in [1.165, 1.54) is 19.5 Å². The van der Waals surface area contributed by atoms with Crippen LogP contribution in [-0.4, -0.2) is 82.9 Å². The Kier molecular flexibility index (Phi) is 7.56. The van der Waals surface area contributed by atoms with Gasteiger partial charge in [0.2, 0.25) is 5.95 Å². The molecule has 1 saturated heterocycles. The van der Waals surface area contributed by atoms with Gasteiger partial charge < -0.3 is 24.0 Å². The highest BCUT2D eigenvalue weighted by Gasteiger charge is 2.24. The second-order valence-electron chi connectivity index (χ2n) is 8.57. The van der Waals surface area contributed by atoms with Gasteiger partial charge in [0.15, 0.2) is 11.6 Å². The number of fused-ring (bicyclic) bond motifs is 1. The number of esters is 1. The predicted molar refractivity (Wildman–Crippen MR) is 143 cm³/mol. The number of anilines is 2. The van der Waals surface area contributed by atoms with Gasteiger partial charge in [-0.3, -0.25) is 0 Å². The summed E-state index contributed by atoms with van der Waals surface area (Å²) in [6.07, 6.45) is 6.30. The molecular formula is C25H28N8O4S. The Hall–Kier alpha value is -3.97. The minimum atomic E-state index is -0.438. The fraction of sp³-hybridized carbons (Fsp3) is 0.400. The van der Waals surface area contributed by atoms with E-state index >= 15 is 0 Å². The first kappa shape index (κ1) is 25.7. The molecule has 0 bridgehead atoms. The maximum Gasteiger partial charge on any atom is 0.341 e. The summed E-state index contributed by atoms with van der Waals surface area (Å²) >= 11 is 1.64. The lowest BCUT2D eigenvalue weighted by Gasteiger charge is -2.28. The standard InChI is InChI=1S/C25H28N8O4S/c1-5-37-23(34)17-13-26-24(27-14-17)32(3)15(2)19-10-18-20(38-19)22(33-6-8-36-9-7-33)31-21(30-18)16-11-28-25(35-4)29-12-16/h10-15H,5-9H2,1-4H3. The molecule has 0 amide bonds. The first-order valence-corrected chi connectivity index (χ1v) is 13.0. The average molecular weight is 537 g/mol. The van der Waals surface area contributed by atoms with E-state index in [4.69, 9.17) is 24.2 Å². The molecule has 0 spiro atoms. The normalized spacial score (nSPS) is 14.4. The van der Waals surface area contributed by atoms with E-state index < -0.39 is 5.97 Å². The molecule has 0 N–H and O–H groups in total. The number of ether oxygens (including phenoxy) is 3. The summed E-state index contributed by atoms with van der Waals surface area (Å²) in [7, 11) is 3.45. The third kappa shape index (κ3) is 5.20. The lowest BCUT2D eigenvalue weighted by molar-refractivity contribution is 0.0525. The number of carbonyl (C=O) groups excluding carboxylic acids is 1. The molecule has 12 nitrogen and oxygen atoms in total. The van der Waals surface area contributed by atoms with Gasteiger partial charge >= 0.3 is 12.0 Å². The zero-order chi connectivity index (χ0) is 26.6. The Balaban J connectivity index is 1.49. The van der Waals surface area contributed by atoms with Crippen LogP contribution in [-0.2, 0) is 9.47 Å². The summed E-state index contributed by atoms with van der Waals surface area (Å²) < 4.78 is 16.7. The number of carbonyl (C=O) groups is 1. The van der Waals surface area contributed by atoms with E-state index in [0.717, 1.165) is 34.0 Å². The Morgan fingerprint density at radius 2 is 1.84 bits per heavy atom. The topological polar surface area (TPSA) is 129 Å². The molecule has 0 saturated carbocycles. The lowest BCUT2D eigenvalue weighted by Crippen LogP contribution is -2.36. The minimum absolute atomic E-state index is 0.0621. The SMILES string of the molecule is CCOC(=O)c1cnc(N(C)C(C)c2cc3nc(-c4cnc(OC)nc4)nc(N4CCOCC4)c3s2)nc1. The zero-order valence-electron chi connectivity index (χ0n) is 21.6. The van der Waals surface area contributed by atoms with Crippen molar-refractivity contribution in [1.29, 1.82) is 0 Å². The number of thiophene rings is 1. The van der Waals surface area contributed by atoms with Crippen LogP contribution in [0.2, 0.25) is 0 Å². The van der Waals surface area contributed by atoms with Crippen molar-refractivity contribution in [2.45, 2.75) is 19.9 Å². The van der Waals surface area contributed by atoms with Crippen LogP contribution in [0.25, 0.3) is 21.6 Å². The number of nitrogens with zero attached hydrogens (tertiary/aromatic N) is 8. The molecule has 198 valence electrons. The van der Waals surface area contributed by atoms with Gasteiger partial charge in [-0.15, -0.1) is 11.3 Å². The molecule has 5 rings (SSSR count). The summed E-state index contributed by atoms with van der Waals surface area (Å²) in [6, 6.07) is 2.30. The van der Waals surface area contributed by atoms with E-state index in [1.54, 1.807) is 30.7 Å². The Bertz CT molecular complexity index is 1410. The largest absolute Gasteiger partial charge is 0.467 e. The second-order valence-corrected chi connectivity index (χ2v) is 9.65. The molecule has 5 heterocycles. The van der Waals surface area contributed by atoms with Gasteiger partial charge in [0.1, 0.15) is 0 Å². The molecular weight excluding hydrogens is 508 g/mol. The highest BCUT2D eigenvalue weighted by Crippen LogP contribution is 2.38. The Labute approximate surface area is 223 Å². The van der Waals surface area contributed by atoms with Crippen LogP contribution < -0.4 is 14.5 Å². The van der Waals surface area contributed by atoms with Crippen LogP contribution in [0, 0.1) is 0 Å². The first-order chi connectivity index (χ1) is 18.5. The van der Waals surface area contributed by atoms with Crippen molar-refractivity contribution in [3.05, 3.63) is 41.3 Å². The van der Waals surface area contributed by atoms with Crippen LogP contribution in [0.3, 0.4) is 0 Å². The highest BCUT2D eigenvalue weighted by molar-refractivity contribution is 7.19. The smallest absolute Gasteiger partial charge is 0.341 e. The molecule has 4 aromatic rings. The van der Waals surface area contributed by atoms with Crippen molar-refractivity contribution in [1.82, 2.24) is 29.9 Å². The third-order valence-corrected chi connectivity index (χ3v) is 7.50. The van der Waals surface area contributed by atoms with Crippen molar-refractivity contribution >= 4 is 39.3 Å². The van der Waals surface area contributed by atoms with Crippen molar-refractivity contribution in [2.24, 2.45) is 0 Å². The van der Waals surface area contributed by atoms with Gasteiger partial charge in [0.25, 0.3) is 0 Å². The summed E-state index contributed by atoms with van der Waals surface area (Å²) in [4.78, 5) is 44.2. The number of hydrogen-bond acceptors (Lipinski definition) is 13. The average Bonchev–Trinajstić information content (AvgIpc) is 3.41. The van der Waals surface area contributed by atoms with E-state index in [9.17, 15) is 4.79 Å². The van der Waals surface area contributed by atoms with Crippen molar-refractivity contribution in [3.8, 4) is 17.4 Å². The van der Waals surface area contributed by atoms with Crippen LogP contribution in [0.5, 0.6) is 6.01 Å². The van der Waals surface area contributed by atoms with E-state index in [-0.39, 0.29) is 12.1 Å². The van der Waals surface area contributed by atoms with Gasteiger partial charge in [-0.25, -0.2) is 34.7 Å². The Morgan fingerprint density at radius 3 is 2.50 bits per heavy atom. The van der Waals surface area contributed by atoms with Crippen LogP contribution in [0.15, 0.2) is 30.9 Å². The van der Waals surface area contributed by atoms with Gasteiger partial charge in [-0.2, -0.15) is 0 Å². The zero-order valence-corrected chi connectivity index (χ0v) is 22.4. The van der Waals surface area contributed by atoms with Gasteiger partial charge in [0, 0.05) is 49.8 Å². The van der Waals surface area contributed by atoms with E-state index in [1.807, 2.05) is 11.9 Å². The predicted octanol–water partition coefficient (Wildman–Crippen LogP) is 3.16. The molecule has 4 aromatic heterocycles. The molecule has 1 atom stereocenters. The Morgan fingerprint density at radius 1 is 1.13 bits per heavy atom. The molecule has 0 aliphatic carbocycles. The quantitative estimate of drug-likeness (QED) is 0.307. The summed E-state index contributed by atoms with van der Waals surface area (Å²) in [6.45, 7) is 6.91. The molecule has 1 fully saturated rings. The monoisotopic (exact) mass is 536 g/mol. The minimum Gasteiger partial charge on any atom is -0.467 e. The summed E-state index contributed by atoms with van der Waals surface area (Å²) in [5, 5.41) is 0. The maximum atomic E-state index is 12.0. The number of aromatic nitrogens is 6. The van der Waals surface area contributed by atoms with Crippen LogP contribution >= 0.6 is 11.3 Å². The van der Waals surface area contributed by atoms with Gasteiger partial charge in [0.05, 0.1) is 54.3 Å². The number of morpholine rings is 1. The third-order valence-electron chi connectivity index (χ3n) is 6.21. The van der Waals surface area contributed by atoms with Crippen molar-refractivity contribution in [2.75, 3.05) is 56.9 Å². The van der Waals surface area contributed by atoms with E-state index in [0.29, 0.717) is 42.7 Å². The number of methoxy groups -OCH3 is 1. The van der Waals surface area contributed by atoms with E-state index in [2.05, 4.69) is 37.8 Å². The van der Waals surface area contributed by atoms with Crippen molar-refractivity contribution < 1.29 is 19.0 Å². The summed E-state index contributed by atoms with van der Waals surface area (Å²) in [5.74, 6) is 1.47. The summed E-state index contributed by atoms with van der Waals surface area (Å²) in [5.41, 5.74) is 1.86. The molecule has 0 aromatic carbocycles. The van der Waals surface area contributed by atoms with Gasteiger partial charge in [-0.1, -0.05) is 0 Å². The molecule has 1 unspecified atom stereocenters. The lowest BCUT2D eigenvalue weighted by atomic mass is 10.2. The van der Waals surface area contributed by atoms with Crippen LogP contribution in [0.4, 0.5) is 11.8 Å². The number of rotatable bonds is 8. The van der Waals surface area contributed by atoms with Crippen molar-refractivity contribution in [3.63, 3.8) is 0 Å². The highest BCUT2D eigenvalue weighted by atomic mass is 32.1. The maximum absolute atomic E-state index is 12.0. The molecule has 1 aliphatic heterocycles. The van der Waals surface area contributed by atoms with Crippen LogP contribution in [0.1, 0.15) is 35.1 Å². The molecule has 13 heteroatoms. The second kappa shape index (κ2) is 11.2. The van der Waals surface area contributed by atoms with Gasteiger partial charge in [-0.05, 0) is 19.9 Å². The molecule has 1 aliphatic rings. The first-order valence-electron chi connectivity index (χ1n) is 12.2.